The number of ether oxygens (including phenoxy) is 1. The van der Waals surface area contributed by atoms with E-state index in [1.165, 1.54) is 6.07 Å². The fourth-order valence-corrected chi connectivity index (χ4v) is 2.14. The SMILES string of the molecule is CN1CCC(Oc2ccc(Cl)cc2C(N)=O)C1. The number of carbonyl (C=O) groups is 1. The molecule has 1 heterocycles. The van der Waals surface area contributed by atoms with Crippen LogP contribution in [-0.4, -0.2) is 37.0 Å². The molecule has 1 saturated heterocycles. The van der Waals surface area contributed by atoms with Crippen molar-refractivity contribution in [3.63, 3.8) is 0 Å². The van der Waals surface area contributed by atoms with Gasteiger partial charge in [0, 0.05) is 18.1 Å². The van der Waals surface area contributed by atoms with Crippen LogP contribution in [0.25, 0.3) is 0 Å². The van der Waals surface area contributed by atoms with Crippen molar-refractivity contribution in [3.05, 3.63) is 28.8 Å². The van der Waals surface area contributed by atoms with Crippen LogP contribution in [0.1, 0.15) is 16.8 Å². The lowest BCUT2D eigenvalue weighted by atomic mass is 10.2. The van der Waals surface area contributed by atoms with Gasteiger partial charge in [0.1, 0.15) is 11.9 Å². The van der Waals surface area contributed by atoms with E-state index in [1.807, 2.05) is 7.05 Å². The van der Waals surface area contributed by atoms with Gasteiger partial charge in [-0.25, -0.2) is 0 Å². The maximum absolute atomic E-state index is 11.3. The van der Waals surface area contributed by atoms with E-state index < -0.39 is 5.91 Å². The van der Waals surface area contributed by atoms with Gasteiger partial charge in [0.05, 0.1) is 5.56 Å². The molecule has 0 aromatic heterocycles. The van der Waals surface area contributed by atoms with Crippen LogP contribution in [0.15, 0.2) is 18.2 Å². The molecule has 0 bridgehead atoms. The molecular weight excluding hydrogens is 240 g/mol. The first-order valence-corrected chi connectivity index (χ1v) is 5.88. The number of primary amides is 1. The molecule has 17 heavy (non-hydrogen) atoms. The van der Waals surface area contributed by atoms with E-state index >= 15 is 0 Å². The summed E-state index contributed by atoms with van der Waals surface area (Å²) in [5.41, 5.74) is 5.64. The molecule has 1 aliphatic rings. The molecule has 1 unspecified atom stereocenters. The van der Waals surface area contributed by atoms with Gasteiger partial charge in [0.2, 0.25) is 0 Å². The van der Waals surface area contributed by atoms with Gasteiger partial charge >= 0.3 is 0 Å². The fourth-order valence-electron chi connectivity index (χ4n) is 1.97. The summed E-state index contributed by atoms with van der Waals surface area (Å²) in [6.07, 6.45) is 1.07. The standard InChI is InChI=1S/C12H15ClN2O2/c1-15-5-4-9(7-15)17-11-3-2-8(13)6-10(11)12(14)16/h2-3,6,9H,4-5,7H2,1H3,(H2,14,16). The topological polar surface area (TPSA) is 55.6 Å². The minimum absolute atomic E-state index is 0.110. The Bertz CT molecular complexity index is 437. The van der Waals surface area contributed by atoms with E-state index in [-0.39, 0.29) is 6.10 Å². The van der Waals surface area contributed by atoms with Gasteiger partial charge in [0.25, 0.3) is 5.91 Å². The largest absolute Gasteiger partial charge is 0.488 e. The number of hydrogen-bond donors (Lipinski definition) is 1. The monoisotopic (exact) mass is 254 g/mol. The number of nitrogens with two attached hydrogens (primary N) is 1. The van der Waals surface area contributed by atoms with Gasteiger partial charge in [-0.1, -0.05) is 11.6 Å². The van der Waals surface area contributed by atoms with Crippen LogP contribution in [0.5, 0.6) is 5.75 Å². The molecule has 1 aliphatic heterocycles. The van der Waals surface area contributed by atoms with E-state index in [1.54, 1.807) is 12.1 Å². The molecule has 92 valence electrons. The molecule has 1 aromatic rings. The van der Waals surface area contributed by atoms with Gasteiger partial charge in [-0.05, 0) is 31.7 Å². The lowest BCUT2D eigenvalue weighted by molar-refractivity contribution is 0.0993. The van der Waals surface area contributed by atoms with E-state index in [2.05, 4.69) is 4.90 Å². The molecule has 0 aliphatic carbocycles. The first-order valence-electron chi connectivity index (χ1n) is 5.51. The molecule has 5 heteroatoms. The van der Waals surface area contributed by atoms with Crippen molar-refractivity contribution in [1.29, 1.82) is 0 Å². The predicted molar refractivity (Wildman–Crippen MR) is 66.5 cm³/mol. The Labute approximate surface area is 105 Å². The van der Waals surface area contributed by atoms with Crippen molar-refractivity contribution < 1.29 is 9.53 Å². The number of likely N-dealkylation sites (tertiary alicyclic amines) is 1. The summed E-state index contributed by atoms with van der Waals surface area (Å²) in [7, 11) is 2.04. The van der Waals surface area contributed by atoms with E-state index in [0.29, 0.717) is 16.3 Å². The Hall–Kier alpha value is -1.26. The van der Waals surface area contributed by atoms with Crippen molar-refractivity contribution in [3.8, 4) is 5.75 Å². The molecule has 1 fully saturated rings. The summed E-state index contributed by atoms with van der Waals surface area (Å²) >= 11 is 5.83. The summed E-state index contributed by atoms with van der Waals surface area (Å²) in [6, 6.07) is 4.93. The van der Waals surface area contributed by atoms with Gasteiger partial charge in [0.15, 0.2) is 0 Å². The van der Waals surface area contributed by atoms with Crippen LogP contribution in [0.2, 0.25) is 5.02 Å². The second-order valence-corrected chi connectivity index (χ2v) is 4.73. The smallest absolute Gasteiger partial charge is 0.252 e. The first-order chi connectivity index (χ1) is 8.06. The molecule has 1 aromatic carbocycles. The second kappa shape index (κ2) is 4.94. The molecule has 0 spiro atoms. The number of carbonyl (C=O) groups excluding carboxylic acids is 1. The highest BCUT2D eigenvalue weighted by molar-refractivity contribution is 6.31. The Balaban J connectivity index is 2.17. The lowest BCUT2D eigenvalue weighted by Crippen LogP contribution is -2.23. The molecule has 1 atom stereocenters. The number of halogens is 1. The van der Waals surface area contributed by atoms with Crippen molar-refractivity contribution in [1.82, 2.24) is 4.90 Å². The number of rotatable bonds is 3. The van der Waals surface area contributed by atoms with Crippen molar-refractivity contribution in [2.24, 2.45) is 5.73 Å². The minimum Gasteiger partial charge on any atom is -0.488 e. The average molecular weight is 255 g/mol. The van der Waals surface area contributed by atoms with Gasteiger partial charge < -0.3 is 15.4 Å². The highest BCUT2D eigenvalue weighted by Gasteiger charge is 2.22. The van der Waals surface area contributed by atoms with Crippen LogP contribution in [-0.2, 0) is 0 Å². The number of hydrogen-bond acceptors (Lipinski definition) is 3. The summed E-state index contributed by atoms with van der Waals surface area (Å²) in [6.45, 7) is 1.87. The average Bonchev–Trinajstić information content (AvgIpc) is 2.66. The van der Waals surface area contributed by atoms with Crippen molar-refractivity contribution >= 4 is 17.5 Å². The fraction of sp³-hybridized carbons (Fsp3) is 0.417. The van der Waals surface area contributed by atoms with Crippen LogP contribution < -0.4 is 10.5 Å². The number of nitrogens with zero attached hydrogens (tertiary/aromatic N) is 1. The Morgan fingerprint density at radius 2 is 2.35 bits per heavy atom. The normalized spacial score (nSPS) is 20.5. The number of amides is 1. The minimum atomic E-state index is -0.520. The number of benzene rings is 1. The summed E-state index contributed by atoms with van der Waals surface area (Å²) in [5.74, 6) is -0.00366. The Morgan fingerprint density at radius 1 is 1.59 bits per heavy atom. The van der Waals surface area contributed by atoms with Gasteiger partial charge in [-0.2, -0.15) is 0 Å². The quantitative estimate of drug-likeness (QED) is 0.890. The molecule has 2 rings (SSSR count). The lowest BCUT2D eigenvalue weighted by Gasteiger charge is -2.15. The molecule has 1 amide bonds. The maximum Gasteiger partial charge on any atom is 0.252 e. The highest BCUT2D eigenvalue weighted by Crippen LogP contribution is 2.25. The molecule has 0 saturated carbocycles. The Kier molecular flexibility index (Phi) is 3.54. The number of likely N-dealkylation sites (N-methyl/N-ethyl adjacent to an activating group) is 1. The Morgan fingerprint density at radius 3 is 2.94 bits per heavy atom. The zero-order valence-electron chi connectivity index (χ0n) is 9.65. The molecule has 0 radical (unpaired) electrons. The second-order valence-electron chi connectivity index (χ2n) is 4.30. The summed E-state index contributed by atoms with van der Waals surface area (Å²) in [4.78, 5) is 13.5. The van der Waals surface area contributed by atoms with E-state index in [9.17, 15) is 4.79 Å². The molecular formula is C12H15ClN2O2. The van der Waals surface area contributed by atoms with Crippen LogP contribution in [0.3, 0.4) is 0 Å². The molecule has 4 nitrogen and oxygen atoms in total. The van der Waals surface area contributed by atoms with Crippen LogP contribution in [0, 0.1) is 0 Å². The zero-order chi connectivity index (χ0) is 12.4. The third-order valence-corrected chi connectivity index (χ3v) is 3.08. The summed E-state index contributed by atoms with van der Waals surface area (Å²) in [5, 5.41) is 0.481. The zero-order valence-corrected chi connectivity index (χ0v) is 10.4. The van der Waals surface area contributed by atoms with Gasteiger partial charge in [-0.15, -0.1) is 0 Å². The summed E-state index contributed by atoms with van der Waals surface area (Å²) < 4.78 is 5.79. The predicted octanol–water partition coefficient (Wildman–Crippen LogP) is 1.52. The van der Waals surface area contributed by atoms with Crippen LogP contribution >= 0.6 is 11.6 Å². The molecule has 2 N–H and O–H groups in total. The van der Waals surface area contributed by atoms with E-state index in [4.69, 9.17) is 22.1 Å². The van der Waals surface area contributed by atoms with Gasteiger partial charge in [-0.3, -0.25) is 4.79 Å². The first kappa shape index (κ1) is 12.2. The maximum atomic E-state index is 11.3. The third kappa shape index (κ3) is 2.90. The van der Waals surface area contributed by atoms with Crippen molar-refractivity contribution in [2.75, 3.05) is 20.1 Å². The third-order valence-electron chi connectivity index (χ3n) is 2.85. The van der Waals surface area contributed by atoms with Crippen LogP contribution in [0.4, 0.5) is 0 Å². The van der Waals surface area contributed by atoms with Crippen molar-refractivity contribution in [2.45, 2.75) is 12.5 Å². The highest BCUT2D eigenvalue weighted by atomic mass is 35.5. The van der Waals surface area contributed by atoms with E-state index in [0.717, 1.165) is 19.5 Å².